The zero-order chi connectivity index (χ0) is 27.7. The first-order valence-corrected chi connectivity index (χ1v) is 13.3. The topological polar surface area (TPSA) is 121 Å². The molecule has 38 heavy (non-hydrogen) atoms. The summed E-state index contributed by atoms with van der Waals surface area (Å²) in [5.41, 5.74) is 6.06. The van der Waals surface area contributed by atoms with E-state index in [-0.39, 0.29) is 13.2 Å². The second-order valence-electron chi connectivity index (χ2n) is 9.60. The third-order valence-electron chi connectivity index (χ3n) is 6.35. The monoisotopic (exact) mass is 524 g/mol. The van der Waals surface area contributed by atoms with Gasteiger partial charge in [-0.2, -0.15) is 4.98 Å². The maximum absolute atomic E-state index is 11.2. The van der Waals surface area contributed by atoms with Crippen LogP contribution in [-0.2, 0) is 24.2 Å². The summed E-state index contributed by atoms with van der Waals surface area (Å²) in [4.78, 5) is 18.2. The van der Waals surface area contributed by atoms with Crippen LogP contribution in [0.5, 0.6) is 5.75 Å². The summed E-state index contributed by atoms with van der Waals surface area (Å²) in [6, 6.07) is 10.4. The first-order valence-electron chi connectivity index (χ1n) is 13.3. The Bertz CT molecular complexity index is 1210. The maximum Gasteiger partial charge on any atom is 0.258 e. The fraction of sp³-hybridized carbons (Fsp3) is 0.483. The number of benzene rings is 2. The van der Waals surface area contributed by atoms with E-state index in [2.05, 4.69) is 54.5 Å². The quantitative estimate of drug-likeness (QED) is 0.293. The fourth-order valence-corrected chi connectivity index (χ4v) is 4.26. The van der Waals surface area contributed by atoms with Gasteiger partial charge in [-0.15, -0.1) is 0 Å². The lowest BCUT2D eigenvalue weighted by Gasteiger charge is -2.17. The number of nitrogens with one attached hydrogen (secondary N) is 1. The van der Waals surface area contributed by atoms with Gasteiger partial charge in [-0.1, -0.05) is 38.4 Å². The van der Waals surface area contributed by atoms with Gasteiger partial charge in [0.2, 0.25) is 11.7 Å². The van der Waals surface area contributed by atoms with Crippen LogP contribution in [0.4, 0.5) is 0 Å². The van der Waals surface area contributed by atoms with Crippen LogP contribution in [-0.4, -0.2) is 70.6 Å². The molecule has 0 saturated carbocycles. The molecular weight excluding hydrogens is 484 g/mol. The molecule has 3 N–H and O–H groups in total. The summed E-state index contributed by atoms with van der Waals surface area (Å²) in [5, 5.41) is 25.6. The summed E-state index contributed by atoms with van der Waals surface area (Å²) in [6.07, 6.45) is 1.85. The minimum absolute atomic E-state index is 0.000475. The predicted octanol–water partition coefficient (Wildman–Crippen LogP) is 3.53. The molecule has 1 amide bonds. The summed E-state index contributed by atoms with van der Waals surface area (Å²) in [6.45, 7) is 9.49. The van der Waals surface area contributed by atoms with Crippen molar-refractivity contribution in [2.24, 2.45) is 0 Å². The number of carbonyl (C=O) groups excluding carboxylic acids is 1. The van der Waals surface area contributed by atoms with Gasteiger partial charge in [-0.3, -0.25) is 4.79 Å². The van der Waals surface area contributed by atoms with Crippen molar-refractivity contribution in [1.82, 2.24) is 20.4 Å². The number of amides is 1. The van der Waals surface area contributed by atoms with Crippen molar-refractivity contribution in [2.45, 2.75) is 59.6 Å². The highest BCUT2D eigenvalue weighted by atomic mass is 16.5. The number of carbonyl (C=O) groups is 1. The van der Waals surface area contributed by atoms with Crippen molar-refractivity contribution in [1.29, 1.82) is 0 Å². The summed E-state index contributed by atoms with van der Waals surface area (Å²) < 4.78 is 11.6. The lowest BCUT2D eigenvalue weighted by atomic mass is 10.0. The first-order chi connectivity index (χ1) is 18.3. The first kappa shape index (κ1) is 29.3. The van der Waals surface area contributed by atoms with Crippen LogP contribution in [0.15, 0.2) is 34.9 Å². The van der Waals surface area contributed by atoms with Gasteiger partial charge in [0.25, 0.3) is 5.89 Å². The molecule has 0 aliphatic heterocycles. The van der Waals surface area contributed by atoms with Crippen molar-refractivity contribution in [3.05, 3.63) is 52.6 Å². The fourth-order valence-electron chi connectivity index (χ4n) is 4.26. The van der Waals surface area contributed by atoms with E-state index < -0.39 is 18.6 Å². The molecule has 0 unspecified atom stereocenters. The van der Waals surface area contributed by atoms with E-state index in [1.165, 1.54) is 11.1 Å². The molecule has 3 aromatic rings. The number of hydrogen-bond acceptors (Lipinski definition) is 8. The van der Waals surface area contributed by atoms with Crippen LogP contribution in [0, 0.1) is 6.92 Å². The molecule has 0 radical (unpaired) electrons. The number of nitrogens with zero attached hydrogens (tertiary/aromatic N) is 3. The molecule has 0 aliphatic carbocycles. The molecule has 0 saturated heterocycles. The average molecular weight is 525 g/mol. The molecule has 9 heteroatoms. The number of aliphatic hydroxyl groups is 2. The number of aliphatic hydroxyl groups excluding tert-OH is 2. The zero-order valence-electron chi connectivity index (χ0n) is 23.1. The number of aromatic nitrogens is 2. The van der Waals surface area contributed by atoms with Gasteiger partial charge in [-0.05, 0) is 79.9 Å². The van der Waals surface area contributed by atoms with Crippen molar-refractivity contribution < 1.29 is 24.3 Å². The number of aryl methyl sites for hydroxylation is 3. The summed E-state index contributed by atoms with van der Waals surface area (Å²) >= 11 is 0. The number of rotatable bonds is 14. The Hall–Kier alpha value is -3.27. The van der Waals surface area contributed by atoms with Crippen LogP contribution in [0.25, 0.3) is 22.8 Å². The van der Waals surface area contributed by atoms with Gasteiger partial charge >= 0.3 is 0 Å². The smallest absolute Gasteiger partial charge is 0.258 e. The van der Waals surface area contributed by atoms with Gasteiger partial charge in [0.15, 0.2) is 0 Å². The Balaban J connectivity index is 1.82. The van der Waals surface area contributed by atoms with Gasteiger partial charge in [-0.25, -0.2) is 0 Å². The lowest BCUT2D eigenvalue weighted by Crippen LogP contribution is -2.36. The SMILES string of the molecule is CCCc1cc(CN(C)CC)cc(-c2nc(-c3cc(C)c(OC[C@@H](O)CNC(=O)CO)c(CC)c3)no2)c1. The van der Waals surface area contributed by atoms with Gasteiger partial charge in [0, 0.05) is 24.2 Å². The molecule has 2 aromatic carbocycles. The predicted molar refractivity (Wildman–Crippen MR) is 147 cm³/mol. The third-order valence-corrected chi connectivity index (χ3v) is 6.35. The average Bonchev–Trinajstić information content (AvgIpc) is 3.41. The molecular formula is C29H40N4O5. The summed E-state index contributed by atoms with van der Waals surface area (Å²) in [5.74, 6) is 1.14. The van der Waals surface area contributed by atoms with E-state index >= 15 is 0 Å². The van der Waals surface area contributed by atoms with Crippen molar-refractivity contribution in [3.8, 4) is 28.6 Å². The molecule has 0 spiro atoms. The van der Waals surface area contributed by atoms with Crippen LogP contribution < -0.4 is 10.1 Å². The molecule has 1 heterocycles. The zero-order valence-corrected chi connectivity index (χ0v) is 23.1. The van der Waals surface area contributed by atoms with Crippen LogP contribution in [0.3, 0.4) is 0 Å². The Morgan fingerprint density at radius 3 is 2.58 bits per heavy atom. The standard InChI is InChI=1S/C29H40N4O5/c1-6-9-20-11-21(16-33(5)8-3)13-24(12-20)29-31-28(32-38-29)23-10-19(4)27(22(7-2)14-23)37-18-25(35)15-30-26(36)17-34/h10-14,25,34-35H,6-9,15-18H2,1-5H3,(H,30,36)/t25-/m0/s1. The number of ether oxygens (including phenoxy) is 1. The highest BCUT2D eigenvalue weighted by Crippen LogP contribution is 2.32. The second-order valence-corrected chi connectivity index (χ2v) is 9.60. The van der Waals surface area contributed by atoms with Gasteiger partial charge in [0.05, 0.1) is 0 Å². The molecule has 9 nitrogen and oxygen atoms in total. The third kappa shape index (κ3) is 7.86. The minimum atomic E-state index is -0.903. The Labute approximate surface area is 224 Å². The van der Waals surface area contributed by atoms with Crippen molar-refractivity contribution in [3.63, 3.8) is 0 Å². The highest BCUT2D eigenvalue weighted by Gasteiger charge is 2.17. The molecule has 0 fully saturated rings. The van der Waals surface area contributed by atoms with Crippen LogP contribution in [0.1, 0.15) is 49.4 Å². The van der Waals surface area contributed by atoms with E-state index in [1.54, 1.807) is 0 Å². The largest absolute Gasteiger partial charge is 0.490 e. The lowest BCUT2D eigenvalue weighted by molar-refractivity contribution is -0.124. The maximum atomic E-state index is 11.2. The van der Waals surface area contributed by atoms with Crippen molar-refractivity contribution in [2.75, 3.05) is 33.4 Å². The number of hydrogen-bond donors (Lipinski definition) is 3. The Morgan fingerprint density at radius 1 is 1.13 bits per heavy atom. The minimum Gasteiger partial charge on any atom is -0.490 e. The van der Waals surface area contributed by atoms with E-state index in [0.29, 0.717) is 23.9 Å². The second kappa shape index (κ2) is 14.0. The molecule has 206 valence electrons. The molecule has 1 atom stereocenters. The molecule has 1 aromatic heterocycles. The summed E-state index contributed by atoms with van der Waals surface area (Å²) in [7, 11) is 2.11. The molecule has 0 bridgehead atoms. The highest BCUT2D eigenvalue weighted by molar-refractivity contribution is 5.76. The van der Waals surface area contributed by atoms with Gasteiger partial charge in [0.1, 0.15) is 25.1 Å². The van der Waals surface area contributed by atoms with Crippen LogP contribution in [0.2, 0.25) is 0 Å². The van der Waals surface area contributed by atoms with Crippen LogP contribution >= 0.6 is 0 Å². The molecule has 0 aliphatic rings. The Morgan fingerprint density at radius 2 is 1.89 bits per heavy atom. The van der Waals surface area contributed by atoms with E-state index in [4.69, 9.17) is 19.4 Å². The van der Waals surface area contributed by atoms with Gasteiger partial charge < -0.3 is 29.7 Å². The Kier molecular flexibility index (Phi) is 10.8. The van der Waals surface area contributed by atoms with E-state index in [1.807, 2.05) is 26.0 Å². The normalized spacial score (nSPS) is 12.1. The van der Waals surface area contributed by atoms with E-state index in [0.717, 1.165) is 48.2 Å². The van der Waals surface area contributed by atoms with Crippen molar-refractivity contribution >= 4 is 5.91 Å². The molecule has 3 rings (SSSR count). The van der Waals surface area contributed by atoms with E-state index in [9.17, 15) is 9.90 Å².